The van der Waals surface area contributed by atoms with Crippen LogP contribution in [0, 0.1) is 0 Å². The Morgan fingerprint density at radius 3 is 2.86 bits per heavy atom. The number of nitrogen functional groups attached to an aromatic ring is 1. The Morgan fingerprint density at radius 2 is 2.14 bits per heavy atom. The van der Waals surface area contributed by atoms with Gasteiger partial charge in [0.25, 0.3) is 0 Å². The number of hydrogen-bond donors (Lipinski definition) is 1. The van der Waals surface area contributed by atoms with E-state index in [2.05, 4.69) is 25.8 Å². The van der Waals surface area contributed by atoms with Crippen LogP contribution < -0.4 is 10.6 Å². The highest BCUT2D eigenvalue weighted by molar-refractivity contribution is 9.10. The molecule has 4 nitrogen and oxygen atoms in total. The van der Waals surface area contributed by atoms with Gasteiger partial charge in [-0.3, -0.25) is 0 Å². The van der Waals surface area contributed by atoms with Gasteiger partial charge in [-0.1, -0.05) is 0 Å². The van der Waals surface area contributed by atoms with Gasteiger partial charge in [-0.25, -0.2) is 4.98 Å². The smallest absolute Gasteiger partial charge is 0.145 e. The maximum absolute atomic E-state index is 5.78. The molecule has 1 aromatic rings. The van der Waals surface area contributed by atoms with E-state index in [1.807, 2.05) is 0 Å². The summed E-state index contributed by atoms with van der Waals surface area (Å²) in [6.07, 6.45) is 1.73. The molecule has 5 heteroatoms. The fourth-order valence-corrected chi connectivity index (χ4v) is 1.93. The van der Waals surface area contributed by atoms with Crippen LogP contribution in [0.2, 0.25) is 0 Å². The highest BCUT2D eigenvalue weighted by Gasteiger charge is 2.15. The zero-order chi connectivity index (χ0) is 9.97. The molecule has 1 fully saturated rings. The first-order valence-corrected chi connectivity index (χ1v) is 5.31. The van der Waals surface area contributed by atoms with Crippen molar-refractivity contribution in [3.8, 4) is 0 Å². The first-order chi connectivity index (χ1) is 6.79. The molecule has 1 aromatic heterocycles. The largest absolute Gasteiger partial charge is 0.398 e. The van der Waals surface area contributed by atoms with Crippen LogP contribution in [-0.2, 0) is 4.74 Å². The Kier molecular flexibility index (Phi) is 2.88. The lowest BCUT2D eigenvalue weighted by atomic mass is 10.3. The molecule has 0 saturated carbocycles. The molecule has 2 N–H and O–H groups in total. The van der Waals surface area contributed by atoms with Gasteiger partial charge in [-0.05, 0) is 22.0 Å². The lowest BCUT2D eigenvalue weighted by molar-refractivity contribution is 0.122. The molecule has 2 rings (SSSR count). The molecule has 0 amide bonds. The molecule has 1 saturated heterocycles. The van der Waals surface area contributed by atoms with Crippen molar-refractivity contribution in [2.45, 2.75) is 0 Å². The molecule has 0 spiro atoms. The SMILES string of the molecule is Nc1ccnc(N2CCOCC2)c1Br. The van der Waals surface area contributed by atoms with Crippen molar-refractivity contribution in [3.05, 3.63) is 16.7 Å². The van der Waals surface area contributed by atoms with Crippen LogP contribution in [0.1, 0.15) is 0 Å². The summed E-state index contributed by atoms with van der Waals surface area (Å²) in [6, 6.07) is 1.79. The number of rotatable bonds is 1. The third-order valence-corrected chi connectivity index (χ3v) is 3.02. The minimum absolute atomic E-state index is 0.724. The second-order valence-corrected chi connectivity index (χ2v) is 3.93. The number of ether oxygens (including phenoxy) is 1. The van der Waals surface area contributed by atoms with Crippen LogP contribution in [-0.4, -0.2) is 31.3 Å². The summed E-state index contributed by atoms with van der Waals surface area (Å²) in [5.41, 5.74) is 6.51. The molecule has 1 aliphatic rings. The fourth-order valence-electron chi connectivity index (χ4n) is 1.44. The zero-order valence-electron chi connectivity index (χ0n) is 7.74. The molecule has 2 heterocycles. The highest BCUT2D eigenvalue weighted by Crippen LogP contribution is 2.29. The van der Waals surface area contributed by atoms with Crippen LogP contribution >= 0.6 is 15.9 Å². The van der Waals surface area contributed by atoms with Crippen LogP contribution in [0.4, 0.5) is 11.5 Å². The quantitative estimate of drug-likeness (QED) is 0.824. The fraction of sp³-hybridized carbons (Fsp3) is 0.444. The van der Waals surface area contributed by atoms with Crippen LogP contribution in [0.3, 0.4) is 0 Å². The summed E-state index contributed by atoms with van der Waals surface area (Å²) in [6.45, 7) is 3.25. The molecular formula is C9H12BrN3O. The molecule has 0 unspecified atom stereocenters. The lowest BCUT2D eigenvalue weighted by Gasteiger charge is -2.28. The summed E-state index contributed by atoms with van der Waals surface area (Å²) < 4.78 is 6.15. The van der Waals surface area contributed by atoms with Gasteiger partial charge >= 0.3 is 0 Å². The average molecular weight is 258 g/mol. The van der Waals surface area contributed by atoms with Gasteiger partial charge in [-0.2, -0.15) is 0 Å². The van der Waals surface area contributed by atoms with Gasteiger partial charge in [0.2, 0.25) is 0 Å². The van der Waals surface area contributed by atoms with Crippen LogP contribution in [0.15, 0.2) is 16.7 Å². The van der Waals surface area contributed by atoms with Gasteiger partial charge in [0, 0.05) is 19.3 Å². The van der Waals surface area contributed by atoms with Gasteiger partial charge in [0.05, 0.1) is 23.4 Å². The number of halogens is 1. The van der Waals surface area contributed by atoms with Crippen molar-refractivity contribution in [1.29, 1.82) is 0 Å². The van der Waals surface area contributed by atoms with E-state index in [1.54, 1.807) is 12.3 Å². The number of morpholine rings is 1. The van der Waals surface area contributed by atoms with E-state index >= 15 is 0 Å². The number of hydrogen-bond acceptors (Lipinski definition) is 4. The Bertz CT molecular complexity index is 326. The average Bonchev–Trinajstić information content (AvgIpc) is 2.23. The van der Waals surface area contributed by atoms with E-state index < -0.39 is 0 Å². The lowest BCUT2D eigenvalue weighted by Crippen LogP contribution is -2.37. The predicted molar refractivity (Wildman–Crippen MR) is 59.4 cm³/mol. The van der Waals surface area contributed by atoms with E-state index in [0.29, 0.717) is 0 Å². The summed E-state index contributed by atoms with van der Waals surface area (Å²) in [7, 11) is 0. The monoisotopic (exact) mass is 257 g/mol. The molecule has 0 atom stereocenters. The first-order valence-electron chi connectivity index (χ1n) is 4.51. The molecule has 1 aliphatic heterocycles. The minimum Gasteiger partial charge on any atom is -0.398 e. The number of anilines is 2. The Balaban J connectivity index is 2.26. The van der Waals surface area contributed by atoms with Crippen molar-refractivity contribution in [2.75, 3.05) is 36.9 Å². The third-order valence-electron chi connectivity index (χ3n) is 2.21. The number of aromatic nitrogens is 1. The van der Waals surface area contributed by atoms with E-state index in [1.165, 1.54) is 0 Å². The molecule has 0 aliphatic carbocycles. The molecule has 0 radical (unpaired) electrons. The Hall–Kier alpha value is -0.810. The normalized spacial score (nSPS) is 17.1. The zero-order valence-corrected chi connectivity index (χ0v) is 9.33. The summed E-state index contributed by atoms with van der Waals surface area (Å²) in [4.78, 5) is 6.48. The topological polar surface area (TPSA) is 51.4 Å². The van der Waals surface area contributed by atoms with Gasteiger partial charge in [0.1, 0.15) is 5.82 Å². The maximum Gasteiger partial charge on any atom is 0.145 e. The predicted octanol–water partition coefficient (Wildman–Crippen LogP) is 1.26. The summed E-state index contributed by atoms with van der Waals surface area (Å²) >= 11 is 3.45. The Morgan fingerprint density at radius 1 is 1.43 bits per heavy atom. The van der Waals surface area contributed by atoms with Gasteiger partial charge < -0.3 is 15.4 Å². The van der Waals surface area contributed by atoms with Crippen LogP contribution in [0.5, 0.6) is 0 Å². The van der Waals surface area contributed by atoms with Gasteiger partial charge in [0.15, 0.2) is 0 Å². The number of nitrogens with zero attached hydrogens (tertiary/aromatic N) is 2. The molecule has 0 bridgehead atoms. The van der Waals surface area contributed by atoms with E-state index in [-0.39, 0.29) is 0 Å². The third kappa shape index (κ3) is 1.83. The second-order valence-electron chi connectivity index (χ2n) is 3.14. The van der Waals surface area contributed by atoms with Crippen molar-refractivity contribution < 1.29 is 4.74 Å². The summed E-state index contributed by atoms with van der Waals surface area (Å²) in [5, 5.41) is 0. The minimum atomic E-state index is 0.724. The van der Waals surface area contributed by atoms with E-state index in [9.17, 15) is 0 Å². The van der Waals surface area contributed by atoms with Crippen molar-refractivity contribution in [1.82, 2.24) is 4.98 Å². The van der Waals surface area contributed by atoms with Crippen molar-refractivity contribution in [2.24, 2.45) is 0 Å². The van der Waals surface area contributed by atoms with E-state index in [0.717, 1.165) is 42.3 Å². The number of nitrogens with two attached hydrogens (primary N) is 1. The maximum atomic E-state index is 5.78. The first kappa shape index (κ1) is 9.73. The van der Waals surface area contributed by atoms with Crippen molar-refractivity contribution >= 4 is 27.4 Å². The molecule has 14 heavy (non-hydrogen) atoms. The molecule has 76 valence electrons. The highest BCUT2D eigenvalue weighted by atomic mass is 79.9. The molecular weight excluding hydrogens is 246 g/mol. The Labute approximate surface area is 91.2 Å². The standard InChI is InChI=1S/C9H12BrN3O/c10-8-7(11)1-2-12-9(8)13-3-5-14-6-4-13/h1-2H,3-6H2,(H2,11,12). The second kappa shape index (κ2) is 4.14. The van der Waals surface area contributed by atoms with Crippen molar-refractivity contribution in [3.63, 3.8) is 0 Å². The molecule has 0 aromatic carbocycles. The van der Waals surface area contributed by atoms with E-state index in [4.69, 9.17) is 10.5 Å². The van der Waals surface area contributed by atoms with Gasteiger partial charge in [-0.15, -0.1) is 0 Å². The van der Waals surface area contributed by atoms with Crippen LogP contribution in [0.25, 0.3) is 0 Å². The number of pyridine rings is 1. The summed E-state index contributed by atoms with van der Waals surface area (Å²) in [5.74, 6) is 0.910.